The normalized spacial score (nSPS) is 24.6. The van der Waals surface area contributed by atoms with Crippen molar-refractivity contribution in [1.29, 1.82) is 0 Å². The van der Waals surface area contributed by atoms with Gasteiger partial charge in [-0.05, 0) is 70.5 Å². The van der Waals surface area contributed by atoms with Gasteiger partial charge in [0.2, 0.25) is 0 Å². The predicted molar refractivity (Wildman–Crippen MR) is 118 cm³/mol. The number of para-hydroxylation sites is 1. The maximum absolute atomic E-state index is 5.99. The van der Waals surface area contributed by atoms with Gasteiger partial charge < -0.3 is 14.4 Å². The quantitative estimate of drug-likeness (QED) is 0.599. The fourth-order valence-electron chi connectivity index (χ4n) is 5.59. The van der Waals surface area contributed by atoms with Gasteiger partial charge in [-0.3, -0.25) is 4.90 Å². The summed E-state index contributed by atoms with van der Waals surface area (Å²) in [7, 11) is 0. The van der Waals surface area contributed by atoms with Crippen LogP contribution in [0.25, 0.3) is 0 Å². The highest BCUT2D eigenvalue weighted by atomic mass is 16.5. The lowest BCUT2D eigenvalue weighted by Gasteiger charge is -2.38. The first-order valence-corrected chi connectivity index (χ1v) is 12.1. The third-order valence-electron chi connectivity index (χ3n) is 7.16. The Labute approximate surface area is 177 Å². The van der Waals surface area contributed by atoms with Crippen molar-refractivity contribution < 1.29 is 9.47 Å². The van der Waals surface area contributed by atoms with Gasteiger partial charge in [-0.2, -0.15) is 0 Å². The van der Waals surface area contributed by atoms with Crippen LogP contribution in [-0.4, -0.2) is 61.3 Å². The smallest absolute Gasteiger partial charge is 0.123 e. The SMILES string of the molecule is CCOc1ccccc1CN(CC1CCN(C2CCCC2)CC1)C[C@H]1CCCO1. The molecule has 1 aromatic carbocycles. The second-order valence-corrected chi connectivity index (χ2v) is 9.29. The Morgan fingerprint density at radius 2 is 1.79 bits per heavy atom. The molecule has 4 nitrogen and oxygen atoms in total. The minimum absolute atomic E-state index is 0.410. The van der Waals surface area contributed by atoms with Gasteiger partial charge in [0.05, 0.1) is 12.7 Å². The van der Waals surface area contributed by atoms with Gasteiger partial charge >= 0.3 is 0 Å². The van der Waals surface area contributed by atoms with Crippen LogP contribution >= 0.6 is 0 Å². The van der Waals surface area contributed by atoms with Crippen molar-refractivity contribution in [2.24, 2.45) is 5.92 Å². The number of ether oxygens (including phenoxy) is 2. The van der Waals surface area contributed by atoms with Crippen molar-refractivity contribution in [2.75, 3.05) is 39.4 Å². The lowest BCUT2D eigenvalue weighted by Crippen LogP contribution is -2.43. The van der Waals surface area contributed by atoms with Gasteiger partial charge in [0.25, 0.3) is 0 Å². The van der Waals surface area contributed by atoms with Crippen molar-refractivity contribution in [3.63, 3.8) is 0 Å². The molecule has 0 spiro atoms. The summed E-state index contributed by atoms with van der Waals surface area (Å²) >= 11 is 0. The summed E-state index contributed by atoms with van der Waals surface area (Å²) in [6, 6.07) is 9.45. The molecule has 1 saturated carbocycles. The lowest BCUT2D eigenvalue weighted by molar-refractivity contribution is 0.0536. The Kier molecular flexibility index (Phi) is 7.87. The van der Waals surface area contributed by atoms with E-state index in [1.165, 1.54) is 76.6 Å². The fraction of sp³-hybridized carbons (Fsp3) is 0.760. The number of hydrogen-bond acceptors (Lipinski definition) is 4. The highest BCUT2D eigenvalue weighted by Crippen LogP contribution is 2.29. The maximum atomic E-state index is 5.99. The minimum atomic E-state index is 0.410. The first-order valence-electron chi connectivity index (χ1n) is 12.1. The van der Waals surface area contributed by atoms with Gasteiger partial charge in [0, 0.05) is 37.8 Å². The first-order chi connectivity index (χ1) is 14.3. The Balaban J connectivity index is 1.35. The molecule has 1 atom stereocenters. The molecule has 0 N–H and O–H groups in total. The monoisotopic (exact) mass is 400 g/mol. The maximum Gasteiger partial charge on any atom is 0.123 e. The Bertz CT molecular complexity index is 603. The third kappa shape index (κ3) is 5.96. The number of hydrogen-bond donors (Lipinski definition) is 0. The number of likely N-dealkylation sites (tertiary alicyclic amines) is 1. The highest BCUT2D eigenvalue weighted by Gasteiger charge is 2.29. The van der Waals surface area contributed by atoms with E-state index >= 15 is 0 Å². The van der Waals surface area contributed by atoms with E-state index in [1.54, 1.807) is 0 Å². The molecular formula is C25H40N2O2. The lowest BCUT2D eigenvalue weighted by atomic mass is 9.94. The van der Waals surface area contributed by atoms with Crippen molar-refractivity contribution in [1.82, 2.24) is 9.80 Å². The average Bonchev–Trinajstić information content (AvgIpc) is 3.44. The molecule has 0 radical (unpaired) electrons. The molecule has 2 saturated heterocycles. The van der Waals surface area contributed by atoms with E-state index in [1.807, 2.05) is 0 Å². The van der Waals surface area contributed by atoms with Crippen molar-refractivity contribution >= 4 is 0 Å². The fourth-order valence-corrected chi connectivity index (χ4v) is 5.59. The summed E-state index contributed by atoms with van der Waals surface area (Å²) < 4.78 is 11.9. The van der Waals surface area contributed by atoms with Crippen molar-refractivity contribution in [3.05, 3.63) is 29.8 Å². The van der Waals surface area contributed by atoms with Crippen LogP contribution in [0.3, 0.4) is 0 Å². The van der Waals surface area contributed by atoms with E-state index < -0.39 is 0 Å². The molecular weight excluding hydrogens is 360 g/mol. The van der Waals surface area contributed by atoms with E-state index in [9.17, 15) is 0 Å². The summed E-state index contributed by atoms with van der Waals surface area (Å²) in [5.74, 6) is 1.86. The molecule has 4 rings (SSSR count). The summed E-state index contributed by atoms with van der Waals surface area (Å²) in [5.41, 5.74) is 1.32. The average molecular weight is 401 g/mol. The Hall–Kier alpha value is -1.10. The van der Waals surface area contributed by atoms with Gasteiger partial charge in [-0.15, -0.1) is 0 Å². The van der Waals surface area contributed by atoms with E-state index in [0.717, 1.165) is 44.0 Å². The summed E-state index contributed by atoms with van der Waals surface area (Å²) in [5, 5.41) is 0. The Morgan fingerprint density at radius 1 is 1.00 bits per heavy atom. The van der Waals surface area contributed by atoms with Crippen LogP contribution < -0.4 is 4.74 Å². The molecule has 1 aliphatic carbocycles. The second kappa shape index (κ2) is 10.8. The van der Waals surface area contributed by atoms with Crippen molar-refractivity contribution in [2.45, 2.75) is 77.0 Å². The standard InChI is InChI=1S/C25H40N2O2/c1-2-28-25-12-6-3-8-22(25)19-26(20-24-11-7-17-29-24)18-21-13-15-27(16-14-21)23-9-4-5-10-23/h3,6,8,12,21,23-24H,2,4-5,7,9-11,13-20H2,1H3/t24-/m1/s1. The zero-order valence-electron chi connectivity index (χ0n) is 18.4. The van der Waals surface area contributed by atoms with Gasteiger partial charge in [-0.1, -0.05) is 31.0 Å². The van der Waals surface area contributed by atoms with E-state index in [4.69, 9.17) is 9.47 Å². The molecule has 162 valence electrons. The highest BCUT2D eigenvalue weighted by molar-refractivity contribution is 5.33. The number of rotatable bonds is 9. The molecule has 3 aliphatic rings. The van der Waals surface area contributed by atoms with Gasteiger partial charge in [0.1, 0.15) is 5.75 Å². The molecule has 29 heavy (non-hydrogen) atoms. The molecule has 1 aromatic rings. The molecule has 3 fully saturated rings. The van der Waals surface area contributed by atoms with Crippen LogP contribution in [0.4, 0.5) is 0 Å². The van der Waals surface area contributed by atoms with E-state index in [-0.39, 0.29) is 0 Å². The Morgan fingerprint density at radius 3 is 2.52 bits per heavy atom. The molecule has 0 unspecified atom stereocenters. The number of piperidine rings is 1. The van der Waals surface area contributed by atoms with E-state index in [2.05, 4.69) is 41.0 Å². The summed E-state index contributed by atoms with van der Waals surface area (Å²) in [6.07, 6.45) is 11.3. The van der Waals surface area contributed by atoms with Crippen LogP contribution in [-0.2, 0) is 11.3 Å². The van der Waals surface area contributed by atoms with Crippen LogP contribution in [0.15, 0.2) is 24.3 Å². The largest absolute Gasteiger partial charge is 0.494 e. The third-order valence-corrected chi connectivity index (χ3v) is 7.16. The van der Waals surface area contributed by atoms with Crippen LogP contribution in [0.2, 0.25) is 0 Å². The van der Waals surface area contributed by atoms with E-state index in [0.29, 0.717) is 6.10 Å². The summed E-state index contributed by atoms with van der Waals surface area (Å²) in [4.78, 5) is 5.45. The molecule has 4 heteroatoms. The van der Waals surface area contributed by atoms with Gasteiger partial charge in [0.15, 0.2) is 0 Å². The van der Waals surface area contributed by atoms with Crippen LogP contribution in [0, 0.1) is 5.92 Å². The number of benzene rings is 1. The molecule has 0 aromatic heterocycles. The first kappa shape index (κ1) is 21.1. The molecule has 0 amide bonds. The summed E-state index contributed by atoms with van der Waals surface area (Å²) in [6.45, 7) is 9.56. The van der Waals surface area contributed by atoms with Gasteiger partial charge in [-0.25, -0.2) is 0 Å². The van der Waals surface area contributed by atoms with Crippen LogP contribution in [0.1, 0.15) is 63.9 Å². The van der Waals surface area contributed by atoms with Crippen molar-refractivity contribution in [3.8, 4) is 5.75 Å². The predicted octanol–water partition coefficient (Wildman–Crippen LogP) is 4.72. The molecule has 0 bridgehead atoms. The zero-order valence-corrected chi connectivity index (χ0v) is 18.4. The number of nitrogens with zero attached hydrogens (tertiary/aromatic N) is 2. The van der Waals surface area contributed by atoms with Crippen LogP contribution in [0.5, 0.6) is 5.75 Å². The molecule has 2 aliphatic heterocycles. The second-order valence-electron chi connectivity index (χ2n) is 9.29. The topological polar surface area (TPSA) is 24.9 Å². The zero-order chi connectivity index (χ0) is 19.9. The molecule has 2 heterocycles. The minimum Gasteiger partial charge on any atom is -0.494 e.